The smallest absolute Gasteiger partial charge is 0.457 e. The van der Waals surface area contributed by atoms with E-state index in [0.717, 1.165) is 57.8 Å². The number of allylic oxidation sites excluding steroid dienone is 8. The van der Waals surface area contributed by atoms with Crippen LogP contribution < -0.4 is 0 Å². The Hall–Kier alpha value is -1.54. The number of carbonyl (C=O) groups excluding carboxylic acids is 1. The molecular formula is C50H95NO7P+. The molecule has 0 heterocycles. The van der Waals surface area contributed by atoms with E-state index in [-0.39, 0.29) is 25.8 Å². The average molecular weight is 853 g/mol. The highest BCUT2D eigenvalue weighted by atomic mass is 31.2. The molecule has 0 radical (unpaired) electrons. The molecule has 0 fully saturated rings. The zero-order chi connectivity index (χ0) is 43.4. The molecule has 0 rings (SSSR count). The monoisotopic (exact) mass is 853 g/mol. The minimum Gasteiger partial charge on any atom is -0.457 e. The molecule has 2 unspecified atom stereocenters. The van der Waals surface area contributed by atoms with E-state index in [4.69, 9.17) is 18.5 Å². The number of esters is 1. The van der Waals surface area contributed by atoms with Crippen molar-refractivity contribution in [2.24, 2.45) is 0 Å². The number of hydrogen-bond acceptors (Lipinski definition) is 6. The summed E-state index contributed by atoms with van der Waals surface area (Å²) < 4.78 is 35.1. The van der Waals surface area contributed by atoms with Crippen molar-refractivity contribution in [1.29, 1.82) is 0 Å². The highest BCUT2D eigenvalue weighted by Crippen LogP contribution is 2.43. The maximum absolute atomic E-state index is 12.7. The normalized spacial score (nSPS) is 14.1. The number of unbranched alkanes of at least 4 members (excludes halogenated alkanes) is 23. The fraction of sp³-hybridized carbons (Fsp3) is 0.820. The van der Waals surface area contributed by atoms with Gasteiger partial charge in [0.1, 0.15) is 19.3 Å². The third-order valence-corrected chi connectivity index (χ3v) is 11.4. The lowest BCUT2D eigenvalue weighted by molar-refractivity contribution is -0.870. The second-order valence-corrected chi connectivity index (χ2v) is 18.9. The summed E-state index contributed by atoms with van der Waals surface area (Å²) in [6.07, 6.45) is 52.9. The summed E-state index contributed by atoms with van der Waals surface area (Å²) in [5.74, 6) is -0.315. The van der Waals surface area contributed by atoms with Gasteiger partial charge in [-0.05, 0) is 51.4 Å². The van der Waals surface area contributed by atoms with Crippen LogP contribution in [-0.4, -0.2) is 75.6 Å². The van der Waals surface area contributed by atoms with E-state index in [1.165, 1.54) is 128 Å². The molecule has 9 heteroatoms. The number of carbonyl (C=O) groups is 1. The molecule has 0 amide bonds. The lowest BCUT2D eigenvalue weighted by Gasteiger charge is -2.24. The van der Waals surface area contributed by atoms with Gasteiger partial charge in [-0.1, -0.05) is 197 Å². The summed E-state index contributed by atoms with van der Waals surface area (Å²) in [7, 11) is 1.67. The van der Waals surface area contributed by atoms with Crippen molar-refractivity contribution in [3.05, 3.63) is 48.6 Å². The van der Waals surface area contributed by atoms with E-state index in [2.05, 4.69) is 62.5 Å². The predicted molar refractivity (Wildman–Crippen MR) is 252 cm³/mol. The fourth-order valence-corrected chi connectivity index (χ4v) is 7.40. The number of hydrogen-bond donors (Lipinski definition) is 1. The molecule has 0 aromatic rings. The Labute approximate surface area is 365 Å². The van der Waals surface area contributed by atoms with Gasteiger partial charge in [-0.25, -0.2) is 4.57 Å². The number of phosphoric ester groups is 1. The highest BCUT2D eigenvalue weighted by Gasteiger charge is 2.26. The molecule has 8 nitrogen and oxygen atoms in total. The Morgan fingerprint density at radius 2 is 0.983 bits per heavy atom. The number of nitrogens with zero attached hydrogens (tertiary/aromatic N) is 1. The van der Waals surface area contributed by atoms with Gasteiger partial charge in [-0.2, -0.15) is 0 Å². The first-order valence-corrected chi connectivity index (χ1v) is 25.9. The van der Waals surface area contributed by atoms with Gasteiger partial charge in [0.15, 0.2) is 0 Å². The molecule has 346 valence electrons. The zero-order valence-corrected chi connectivity index (χ0v) is 40.1. The molecule has 0 saturated carbocycles. The van der Waals surface area contributed by atoms with E-state index in [0.29, 0.717) is 24.1 Å². The second-order valence-electron chi connectivity index (χ2n) is 17.5. The highest BCUT2D eigenvalue weighted by molar-refractivity contribution is 7.47. The van der Waals surface area contributed by atoms with Crippen LogP contribution in [0.5, 0.6) is 0 Å². The first kappa shape index (κ1) is 57.5. The van der Waals surface area contributed by atoms with Crippen LogP contribution in [0.15, 0.2) is 48.6 Å². The van der Waals surface area contributed by atoms with Crippen molar-refractivity contribution in [3.63, 3.8) is 0 Å². The Morgan fingerprint density at radius 3 is 1.47 bits per heavy atom. The van der Waals surface area contributed by atoms with Gasteiger partial charge in [0, 0.05) is 13.0 Å². The lowest BCUT2D eigenvalue weighted by atomic mass is 10.0. The van der Waals surface area contributed by atoms with Crippen molar-refractivity contribution in [2.75, 3.05) is 54.1 Å². The van der Waals surface area contributed by atoms with Crippen LogP contribution in [0.2, 0.25) is 0 Å². The molecule has 0 aliphatic carbocycles. The van der Waals surface area contributed by atoms with Crippen molar-refractivity contribution >= 4 is 13.8 Å². The topological polar surface area (TPSA) is 91.3 Å². The quantitative estimate of drug-likeness (QED) is 0.0214. The first-order chi connectivity index (χ1) is 28.6. The maximum atomic E-state index is 12.7. The van der Waals surface area contributed by atoms with Gasteiger partial charge in [-0.15, -0.1) is 0 Å². The van der Waals surface area contributed by atoms with Gasteiger partial charge in [0.25, 0.3) is 0 Å². The van der Waals surface area contributed by atoms with E-state index < -0.39 is 13.9 Å². The Morgan fingerprint density at radius 1 is 0.542 bits per heavy atom. The van der Waals surface area contributed by atoms with E-state index in [1.54, 1.807) is 0 Å². The van der Waals surface area contributed by atoms with Gasteiger partial charge in [0.2, 0.25) is 0 Å². The number of quaternary nitrogens is 1. The molecule has 1 N–H and O–H groups in total. The minimum atomic E-state index is -4.27. The summed E-state index contributed by atoms with van der Waals surface area (Å²) in [5, 5.41) is 0. The van der Waals surface area contributed by atoms with Crippen LogP contribution in [0, 0.1) is 0 Å². The van der Waals surface area contributed by atoms with Crippen LogP contribution in [0.1, 0.15) is 206 Å². The number of likely N-dealkylation sites (N-methyl/N-ethyl adjacent to an activating group) is 1. The Kier molecular flexibility index (Phi) is 42.0. The molecule has 0 saturated heterocycles. The molecule has 0 aliphatic rings. The molecule has 0 aromatic carbocycles. The largest absolute Gasteiger partial charge is 0.472 e. The van der Waals surface area contributed by atoms with Crippen LogP contribution >= 0.6 is 7.82 Å². The fourth-order valence-electron chi connectivity index (χ4n) is 6.66. The molecule has 59 heavy (non-hydrogen) atoms. The van der Waals surface area contributed by atoms with Gasteiger partial charge in [0.05, 0.1) is 34.4 Å². The van der Waals surface area contributed by atoms with Crippen molar-refractivity contribution in [2.45, 2.75) is 213 Å². The van der Waals surface area contributed by atoms with Crippen LogP contribution in [-0.2, 0) is 27.9 Å². The first-order valence-electron chi connectivity index (χ1n) is 24.4. The van der Waals surface area contributed by atoms with Crippen LogP contribution in [0.4, 0.5) is 0 Å². The van der Waals surface area contributed by atoms with Gasteiger partial charge < -0.3 is 18.9 Å². The van der Waals surface area contributed by atoms with Crippen molar-refractivity contribution in [3.8, 4) is 0 Å². The van der Waals surface area contributed by atoms with E-state index in [9.17, 15) is 14.3 Å². The summed E-state index contributed by atoms with van der Waals surface area (Å²) in [6, 6.07) is 0. The van der Waals surface area contributed by atoms with Crippen LogP contribution in [0.3, 0.4) is 0 Å². The molecule has 0 bridgehead atoms. The van der Waals surface area contributed by atoms with E-state index >= 15 is 0 Å². The SMILES string of the molecule is CC/C=C\C/C=C\C/C=C\C/C=C\CCCCCCCCCCCCCCC(=O)OC(COCCCCCCCCCCCCCC)COP(=O)(O)OCC[N+](C)(C)C. The number of ether oxygens (including phenoxy) is 2. The molecule has 2 atom stereocenters. The Balaban J connectivity index is 4.08. The minimum absolute atomic E-state index is 0.0887. The second kappa shape index (κ2) is 43.1. The number of phosphoric acid groups is 1. The van der Waals surface area contributed by atoms with Gasteiger partial charge >= 0.3 is 13.8 Å². The lowest BCUT2D eigenvalue weighted by Crippen LogP contribution is -2.37. The van der Waals surface area contributed by atoms with E-state index in [1.807, 2.05) is 21.1 Å². The maximum Gasteiger partial charge on any atom is 0.472 e. The standard InChI is InChI=1S/C50H94NO7P/c1-6-8-10-12-14-16-18-20-21-22-23-24-25-26-27-28-29-30-31-32-33-35-37-39-41-43-50(52)58-49(48-57-59(53,54)56-46-44-51(3,4)5)47-55-45-42-40-38-36-34-19-17-15-13-11-9-7-2/h8,10,14,16,20-21,23-24,49H,6-7,9,11-13,15,17-19,22,25-48H2,1-5H3/p+1/b10-8-,16-14-,21-20-,24-23-. The molecule has 0 aliphatic heterocycles. The zero-order valence-electron chi connectivity index (χ0n) is 39.2. The average Bonchev–Trinajstić information content (AvgIpc) is 3.19. The summed E-state index contributed by atoms with van der Waals surface area (Å²) in [5.41, 5.74) is 0. The van der Waals surface area contributed by atoms with Crippen molar-refractivity contribution in [1.82, 2.24) is 0 Å². The summed E-state index contributed by atoms with van der Waals surface area (Å²) in [4.78, 5) is 22.9. The number of rotatable bonds is 45. The Bertz CT molecular complexity index is 1080. The van der Waals surface area contributed by atoms with Gasteiger partial charge in [-0.3, -0.25) is 13.8 Å². The summed E-state index contributed by atoms with van der Waals surface area (Å²) in [6.45, 7) is 5.53. The van der Waals surface area contributed by atoms with Crippen LogP contribution in [0.25, 0.3) is 0 Å². The molecule has 0 aromatic heterocycles. The third kappa shape index (κ3) is 47.4. The van der Waals surface area contributed by atoms with Crippen molar-refractivity contribution < 1.29 is 37.3 Å². The molecule has 0 spiro atoms. The summed E-state index contributed by atoms with van der Waals surface area (Å²) >= 11 is 0. The third-order valence-electron chi connectivity index (χ3n) is 10.4. The predicted octanol–water partition coefficient (Wildman–Crippen LogP) is 14.7. The molecular weight excluding hydrogens is 758 g/mol.